The van der Waals surface area contributed by atoms with Crippen LogP contribution in [0.1, 0.15) is 0 Å². The molecule has 0 aliphatic rings. The molecule has 0 aliphatic carbocycles. The Morgan fingerprint density at radius 1 is 0.571 bits per heavy atom. The van der Waals surface area contributed by atoms with Crippen molar-refractivity contribution in [3.8, 4) is 0 Å². The maximum atomic E-state index is 2.17. The van der Waals surface area contributed by atoms with Crippen LogP contribution in [0, 0.1) is 0 Å². The van der Waals surface area contributed by atoms with Crippen LogP contribution in [-0.2, 0) is 19.5 Å². The second-order valence-electron chi connectivity index (χ2n) is 2.86. The third-order valence-corrected chi connectivity index (χ3v) is 3.08. The Kier molecular flexibility index (Phi) is 5.01. The Morgan fingerprint density at radius 2 is 0.929 bits per heavy atom. The average Bonchev–Trinajstić information content (AvgIpc) is 2.21. The van der Waals surface area contributed by atoms with E-state index in [4.69, 9.17) is 0 Å². The molecule has 2 aromatic carbocycles. The largest absolute Gasteiger partial charge is 1.00 e. The molecule has 0 N–H and O–H groups in total. The first-order valence-corrected chi connectivity index (χ1v) is 5.32. The fourth-order valence-corrected chi connectivity index (χ4v) is 2.26. The Labute approximate surface area is 99.3 Å². The molecule has 0 fully saturated rings. The third-order valence-electron chi connectivity index (χ3n) is 1.84. The molecule has 0 heterocycles. The number of benzene rings is 2. The van der Waals surface area contributed by atoms with Crippen molar-refractivity contribution >= 4 is 19.2 Å². The van der Waals surface area contributed by atoms with Crippen LogP contribution in [0.25, 0.3) is 0 Å². The minimum absolute atomic E-state index is 0. The number of hydrogen-bond acceptors (Lipinski definition) is 0. The summed E-state index contributed by atoms with van der Waals surface area (Å²) in [5.74, 6) is 0. The topological polar surface area (TPSA) is 0 Å². The normalized spacial score (nSPS) is 9.14. The summed E-state index contributed by atoms with van der Waals surface area (Å²) in [5.41, 5.74) is 0. The van der Waals surface area contributed by atoms with Crippen molar-refractivity contribution in [1.82, 2.24) is 0 Å². The monoisotopic (exact) mass is 289 g/mol. The molecule has 0 atom stereocenters. The van der Waals surface area contributed by atoms with Gasteiger partial charge in [0.2, 0.25) is 0 Å². The van der Waals surface area contributed by atoms with Gasteiger partial charge in [-0.15, -0.1) is 0 Å². The van der Waals surface area contributed by atoms with Gasteiger partial charge in [-0.25, -0.2) is 0 Å². The first kappa shape index (κ1) is 11.6. The fourth-order valence-electron chi connectivity index (χ4n) is 1.21. The van der Waals surface area contributed by atoms with Crippen LogP contribution >= 0.6 is 8.58 Å². The minimum atomic E-state index is 0. The molecule has 0 spiro atoms. The predicted octanol–water partition coefficient (Wildman–Crippen LogP) is 2.31. The molecular weight excluding hydrogens is 278 g/mol. The van der Waals surface area contributed by atoms with Gasteiger partial charge < -0.3 is 0 Å². The molecule has 0 aromatic heterocycles. The van der Waals surface area contributed by atoms with Gasteiger partial charge in [-0.1, -0.05) is 69.2 Å². The van der Waals surface area contributed by atoms with Gasteiger partial charge >= 0.3 is 19.5 Å². The molecule has 2 rings (SSSR count). The smallest absolute Gasteiger partial charge is 0.0622 e. The van der Waals surface area contributed by atoms with E-state index >= 15 is 0 Å². The van der Waals surface area contributed by atoms with Gasteiger partial charge in [0, 0.05) is 0 Å². The zero-order valence-electron chi connectivity index (χ0n) is 7.61. The minimum Gasteiger partial charge on any atom is -0.0622 e. The Balaban J connectivity index is 0.000000980. The molecule has 0 radical (unpaired) electrons. The van der Waals surface area contributed by atoms with Gasteiger partial charge in [-0.3, -0.25) is 0 Å². The molecule has 2 heteroatoms. The van der Waals surface area contributed by atoms with Crippen LogP contribution in [0.3, 0.4) is 0 Å². The average molecular weight is 289 g/mol. The first-order chi connectivity index (χ1) is 6.45. The Hall–Kier alpha value is -0.507. The maximum Gasteiger partial charge on any atom is 1.00 e. The summed E-state index contributed by atoms with van der Waals surface area (Å²) in [4.78, 5) is 0. The standard InChI is InChI=1S/C12H11P.Rh/c1-3-7-11(8-4-1)13-12-9-5-2-6-10-12;/h1-10,13H;/q;+1. The second kappa shape index (κ2) is 6.07. The summed E-state index contributed by atoms with van der Waals surface area (Å²) in [6.45, 7) is 0. The molecule has 0 amide bonds. The Morgan fingerprint density at radius 3 is 1.29 bits per heavy atom. The van der Waals surface area contributed by atoms with Crippen molar-refractivity contribution in [2.75, 3.05) is 0 Å². The zero-order valence-corrected chi connectivity index (χ0v) is 10.2. The molecule has 0 unspecified atom stereocenters. The van der Waals surface area contributed by atoms with Gasteiger partial charge in [0.1, 0.15) is 0 Å². The van der Waals surface area contributed by atoms with Gasteiger partial charge in [0.05, 0.1) is 0 Å². The van der Waals surface area contributed by atoms with E-state index in [1.807, 2.05) is 0 Å². The Bertz CT molecular complexity index is 321. The van der Waals surface area contributed by atoms with Gasteiger partial charge in [-0.05, 0) is 10.6 Å². The van der Waals surface area contributed by atoms with Gasteiger partial charge in [0.25, 0.3) is 0 Å². The second-order valence-corrected chi connectivity index (χ2v) is 4.26. The van der Waals surface area contributed by atoms with Crippen LogP contribution in [0.5, 0.6) is 0 Å². The van der Waals surface area contributed by atoms with Gasteiger partial charge in [0.15, 0.2) is 0 Å². The summed E-state index contributed by atoms with van der Waals surface area (Å²) in [6, 6.07) is 21.2. The van der Waals surface area contributed by atoms with Crippen molar-refractivity contribution in [2.24, 2.45) is 0 Å². The third kappa shape index (κ3) is 3.33. The van der Waals surface area contributed by atoms with E-state index in [0.717, 1.165) is 8.58 Å². The van der Waals surface area contributed by atoms with Crippen LogP contribution in [-0.4, -0.2) is 0 Å². The molecule has 0 nitrogen and oxygen atoms in total. The van der Waals surface area contributed by atoms with E-state index in [9.17, 15) is 0 Å². The fraction of sp³-hybridized carbons (Fsp3) is 0. The van der Waals surface area contributed by atoms with E-state index in [2.05, 4.69) is 60.7 Å². The molecular formula is C12H11PRh+. The zero-order chi connectivity index (χ0) is 8.93. The SMILES string of the molecule is [Rh+].c1ccc(Pc2ccccc2)cc1. The summed E-state index contributed by atoms with van der Waals surface area (Å²) in [5, 5.41) is 2.79. The molecule has 14 heavy (non-hydrogen) atoms. The van der Waals surface area contributed by atoms with E-state index < -0.39 is 0 Å². The number of hydrogen-bond donors (Lipinski definition) is 0. The van der Waals surface area contributed by atoms with Crippen molar-refractivity contribution in [1.29, 1.82) is 0 Å². The van der Waals surface area contributed by atoms with Crippen LogP contribution in [0.15, 0.2) is 60.7 Å². The summed E-state index contributed by atoms with van der Waals surface area (Å²) in [7, 11) is 0.777. The molecule has 2 aromatic rings. The van der Waals surface area contributed by atoms with Crippen molar-refractivity contribution in [2.45, 2.75) is 0 Å². The van der Waals surface area contributed by atoms with E-state index in [-0.39, 0.29) is 19.5 Å². The van der Waals surface area contributed by atoms with E-state index in [1.54, 1.807) is 0 Å². The van der Waals surface area contributed by atoms with E-state index in [1.165, 1.54) is 10.6 Å². The predicted molar refractivity (Wildman–Crippen MR) is 60.5 cm³/mol. The molecule has 0 saturated heterocycles. The molecule has 72 valence electrons. The first-order valence-electron chi connectivity index (χ1n) is 4.32. The molecule has 0 saturated carbocycles. The van der Waals surface area contributed by atoms with Crippen molar-refractivity contribution < 1.29 is 19.5 Å². The quantitative estimate of drug-likeness (QED) is 0.588. The van der Waals surface area contributed by atoms with Crippen LogP contribution in [0.4, 0.5) is 0 Å². The summed E-state index contributed by atoms with van der Waals surface area (Å²) < 4.78 is 0. The van der Waals surface area contributed by atoms with E-state index in [0.29, 0.717) is 0 Å². The van der Waals surface area contributed by atoms with Crippen molar-refractivity contribution in [3.05, 3.63) is 60.7 Å². The summed E-state index contributed by atoms with van der Waals surface area (Å²) in [6.07, 6.45) is 0. The maximum absolute atomic E-state index is 2.17. The molecule has 0 aliphatic heterocycles. The van der Waals surface area contributed by atoms with Crippen LogP contribution in [0.2, 0.25) is 0 Å². The van der Waals surface area contributed by atoms with Crippen molar-refractivity contribution in [3.63, 3.8) is 0 Å². The number of rotatable bonds is 2. The molecule has 0 bridgehead atoms. The van der Waals surface area contributed by atoms with Crippen LogP contribution < -0.4 is 10.6 Å². The summed E-state index contributed by atoms with van der Waals surface area (Å²) >= 11 is 0. The van der Waals surface area contributed by atoms with Gasteiger partial charge in [-0.2, -0.15) is 0 Å².